The second kappa shape index (κ2) is 4.86. The first-order valence-corrected chi connectivity index (χ1v) is 6.19. The number of carbonyl (C=O) groups excluding carboxylic acids is 2. The average molecular weight is 289 g/mol. The van der Waals surface area contributed by atoms with Crippen molar-refractivity contribution in [3.05, 3.63) is 59.0 Å². The van der Waals surface area contributed by atoms with Crippen LogP contribution in [0.5, 0.6) is 0 Å². The highest BCUT2D eigenvalue weighted by Crippen LogP contribution is 2.23. The van der Waals surface area contributed by atoms with Crippen LogP contribution >= 0.6 is 11.6 Å². The standard InChI is InChI=1S/C14H9ClN2O3/c15-9-3-5-10(6-4-9)17-14(19)12(13(18)16-17)8-11-2-1-7-20-11/h1-8H,(H,16,18)/b12-8+. The summed E-state index contributed by atoms with van der Waals surface area (Å²) in [6, 6.07) is 9.93. The van der Waals surface area contributed by atoms with Gasteiger partial charge in [0.1, 0.15) is 11.3 Å². The van der Waals surface area contributed by atoms with Crippen molar-refractivity contribution in [1.82, 2.24) is 5.43 Å². The fourth-order valence-electron chi connectivity index (χ4n) is 1.85. The van der Waals surface area contributed by atoms with Gasteiger partial charge in [-0.2, -0.15) is 0 Å². The fraction of sp³-hybridized carbons (Fsp3) is 0. The number of halogens is 1. The number of hydrazine groups is 1. The number of benzene rings is 1. The van der Waals surface area contributed by atoms with Crippen LogP contribution in [0.1, 0.15) is 5.76 Å². The lowest BCUT2D eigenvalue weighted by Gasteiger charge is -2.14. The van der Waals surface area contributed by atoms with Crippen LogP contribution in [0, 0.1) is 0 Å². The molecule has 1 saturated heterocycles. The zero-order valence-electron chi connectivity index (χ0n) is 10.2. The van der Waals surface area contributed by atoms with Crippen LogP contribution in [0.2, 0.25) is 5.02 Å². The number of hydrogen-bond donors (Lipinski definition) is 1. The smallest absolute Gasteiger partial charge is 0.282 e. The molecule has 6 heteroatoms. The Labute approximate surface area is 119 Å². The van der Waals surface area contributed by atoms with Crippen molar-refractivity contribution in [2.24, 2.45) is 0 Å². The van der Waals surface area contributed by atoms with E-state index in [2.05, 4.69) is 5.43 Å². The minimum absolute atomic E-state index is 0.0231. The van der Waals surface area contributed by atoms with Crippen LogP contribution in [-0.4, -0.2) is 11.8 Å². The number of carbonyl (C=O) groups is 2. The first-order valence-electron chi connectivity index (χ1n) is 5.81. The van der Waals surface area contributed by atoms with Gasteiger partial charge in [0.15, 0.2) is 0 Å². The second-order valence-electron chi connectivity index (χ2n) is 4.13. The Morgan fingerprint density at radius 3 is 2.55 bits per heavy atom. The monoisotopic (exact) mass is 288 g/mol. The zero-order valence-corrected chi connectivity index (χ0v) is 10.9. The molecular weight excluding hydrogens is 280 g/mol. The average Bonchev–Trinajstić information content (AvgIpc) is 3.04. The Morgan fingerprint density at radius 2 is 1.90 bits per heavy atom. The van der Waals surface area contributed by atoms with E-state index in [1.165, 1.54) is 17.3 Å². The van der Waals surface area contributed by atoms with Crippen molar-refractivity contribution in [2.75, 3.05) is 5.01 Å². The van der Waals surface area contributed by atoms with Gasteiger partial charge in [0.25, 0.3) is 11.8 Å². The number of nitrogens with one attached hydrogen (secondary N) is 1. The Hall–Kier alpha value is -2.53. The molecule has 1 aromatic heterocycles. The van der Waals surface area contributed by atoms with Crippen molar-refractivity contribution >= 4 is 35.2 Å². The maximum atomic E-state index is 12.2. The third-order valence-corrected chi connectivity index (χ3v) is 3.06. The third kappa shape index (κ3) is 2.19. The number of furan rings is 1. The first-order chi connectivity index (χ1) is 9.65. The molecule has 0 aliphatic carbocycles. The lowest BCUT2D eigenvalue weighted by Crippen LogP contribution is -2.35. The maximum absolute atomic E-state index is 12.2. The Bertz CT molecular complexity index is 690. The van der Waals surface area contributed by atoms with Crippen LogP contribution in [-0.2, 0) is 9.59 Å². The van der Waals surface area contributed by atoms with Crippen LogP contribution in [0.15, 0.2) is 52.7 Å². The summed E-state index contributed by atoms with van der Waals surface area (Å²) in [4.78, 5) is 24.1. The van der Waals surface area contributed by atoms with Gasteiger partial charge in [0, 0.05) is 5.02 Å². The van der Waals surface area contributed by atoms with Crippen molar-refractivity contribution in [3.8, 4) is 0 Å². The molecular formula is C14H9ClN2O3. The maximum Gasteiger partial charge on any atom is 0.282 e. The van der Waals surface area contributed by atoms with Crippen LogP contribution in [0.4, 0.5) is 5.69 Å². The molecule has 1 aromatic carbocycles. The van der Waals surface area contributed by atoms with Crippen LogP contribution < -0.4 is 10.4 Å². The predicted molar refractivity (Wildman–Crippen MR) is 73.8 cm³/mol. The van der Waals surface area contributed by atoms with Gasteiger partial charge in [-0.05, 0) is 42.5 Å². The van der Waals surface area contributed by atoms with E-state index in [0.717, 1.165) is 0 Å². The minimum atomic E-state index is -0.471. The summed E-state index contributed by atoms with van der Waals surface area (Å²) in [6.07, 6.45) is 2.88. The minimum Gasteiger partial charge on any atom is -0.465 e. The summed E-state index contributed by atoms with van der Waals surface area (Å²) in [5.41, 5.74) is 3.05. The number of rotatable bonds is 2. The number of hydrogen-bond acceptors (Lipinski definition) is 3. The molecule has 1 N–H and O–H groups in total. The van der Waals surface area contributed by atoms with Gasteiger partial charge in [0.05, 0.1) is 12.0 Å². The van der Waals surface area contributed by atoms with Gasteiger partial charge in [0.2, 0.25) is 0 Å². The molecule has 0 saturated carbocycles. The van der Waals surface area contributed by atoms with Crippen molar-refractivity contribution in [2.45, 2.75) is 0 Å². The van der Waals surface area contributed by atoms with E-state index in [1.54, 1.807) is 36.4 Å². The Morgan fingerprint density at radius 1 is 1.15 bits per heavy atom. The quantitative estimate of drug-likeness (QED) is 0.682. The summed E-state index contributed by atoms with van der Waals surface area (Å²) in [7, 11) is 0. The lowest BCUT2D eigenvalue weighted by atomic mass is 10.2. The molecule has 5 nitrogen and oxygen atoms in total. The van der Waals surface area contributed by atoms with E-state index >= 15 is 0 Å². The number of nitrogens with zero attached hydrogens (tertiary/aromatic N) is 1. The van der Waals surface area contributed by atoms with Crippen molar-refractivity contribution in [3.63, 3.8) is 0 Å². The Balaban J connectivity index is 1.92. The van der Waals surface area contributed by atoms with E-state index in [-0.39, 0.29) is 5.57 Å². The first kappa shape index (κ1) is 12.5. The number of anilines is 1. The molecule has 3 rings (SSSR count). The van der Waals surface area contributed by atoms with Gasteiger partial charge < -0.3 is 4.42 Å². The normalized spacial score (nSPS) is 16.9. The van der Waals surface area contributed by atoms with Gasteiger partial charge >= 0.3 is 0 Å². The molecule has 0 unspecified atom stereocenters. The summed E-state index contributed by atoms with van der Waals surface area (Å²) < 4.78 is 5.10. The molecule has 2 amide bonds. The van der Waals surface area contributed by atoms with E-state index in [9.17, 15) is 9.59 Å². The highest BCUT2D eigenvalue weighted by molar-refractivity contribution is 6.32. The number of amides is 2. The van der Waals surface area contributed by atoms with Gasteiger partial charge in [-0.1, -0.05) is 11.6 Å². The topological polar surface area (TPSA) is 62.6 Å². The summed E-state index contributed by atoms with van der Waals surface area (Å²) in [5.74, 6) is -0.462. The predicted octanol–water partition coefficient (Wildman–Crippen LogP) is 2.39. The van der Waals surface area contributed by atoms with Crippen LogP contribution in [0.3, 0.4) is 0 Å². The van der Waals surface area contributed by atoms with Crippen LogP contribution in [0.25, 0.3) is 6.08 Å². The summed E-state index contributed by atoms with van der Waals surface area (Å²) in [5, 5.41) is 1.73. The highest BCUT2D eigenvalue weighted by Gasteiger charge is 2.34. The third-order valence-electron chi connectivity index (χ3n) is 2.81. The van der Waals surface area contributed by atoms with Gasteiger partial charge in [-0.15, -0.1) is 0 Å². The highest BCUT2D eigenvalue weighted by atomic mass is 35.5. The molecule has 1 fully saturated rings. The van der Waals surface area contributed by atoms with E-state index < -0.39 is 11.8 Å². The van der Waals surface area contributed by atoms with Gasteiger partial charge in [-0.25, -0.2) is 5.01 Å². The summed E-state index contributed by atoms with van der Waals surface area (Å²) in [6.45, 7) is 0. The van der Waals surface area contributed by atoms with E-state index in [4.69, 9.17) is 16.0 Å². The SMILES string of the molecule is O=C1NN(c2ccc(Cl)cc2)C(=O)/C1=C/c1ccco1. The molecule has 100 valence electrons. The van der Waals surface area contributed by atoms with Crippen molar-refractivity contribution in [1.29, 1.82) is 0 Å². The fourth-order valence-corrected chi connectivity index (χ4v) is 1.97. The van der Waals surface area contributed by atoms with Gasteiger partial charge in [-0.3, -0.25) is 15.0 Å². The lowest BCUT2D eigenvalue weighted by molar-refractivity contribution is -0.117. The molecule has 2 heterocycles. The molecule has 1 aliphatic heterocycles. The zero-order chi connectivity index (χ0) is 14.1. The summed E-state index contributed by atoms with van der Waals surface area (Å²) >= 11 is 5.79. The molecule has 0 bridgehead atoms. The molecule has 1 aliphatic rings. The van der Waals surface area contributed by atoms with E-state index in [1.807, 2.05) is 0 Å². The molecule has 0 atom stereocenters. The van der Waals surface area contributed by atoms with E-state index in [0.29, 0.717) is 16.5 Å². The molecule has 0 spiro atoms. The molecule has 2 aromatic rings. The Kier molecular flexibility index (Phi) is 3.04. The molecule has 0 radical (unpaired) electrons. The second-order valence-corrected chi connectivity index (χ2v) is 4.57. The van der Waals surface area contributed by atoms with Crippen molar-refractivity contribution < 1.29 is 14.0 Å². The molecule has 20 heavy (non-hydrogen) atoms. The largest absolute Gasteiger partial charge is 0.465 e.